The minimum absolute atomic E-state index is 0.197. The van der Waals surface area contributed by atoms with E-state index in [2.05, 4.69) is 10.3 Å². The molecule has 2 N–H and O–H groups in total. The molecule has 3 aromatic carbocycles. The molecule has 166 valence electrons. The summed E-state index contributed by atoms with van der Waals surface area (Å²) in [5.74, 6) is -0.216. The maximum Gasteiger partial charge on any atom is 0.326 e. The Morgan fingerprint density at radius 2 is 1.85 bits per heavy atom. The highest BCUT2D eigenvalue weighted by molar-refractivity contribution is 6.32. The number of aromatic amines is 1. The normalized spacial score (nSPS) is 15.7. The van der Waals surface area contributed by atoms with Gasteiger partial charge in [0.05, 0.1) is 22.4 Å². The zero-order valence-corrected chi connectivity index (χ0v) is 19.5. The van der Waals surface area contributed by atoms with Crippen molar-refractivity contribution in [2.24, 2.45) is 12.0 Å². The Hall–Kier alpha value is -3.35. The molecule has 0 bridgehead atoms. The molecule has 1 amide bonds. The number of halogens is 2. The van der Waals surface area contributed by atoms with E-state index < -0.39 is 6.04 Å². The van der Waals surface area contributed by atoms with Gasteiger partial charge in [-0.2, -0.15) is 0 Å². The SMILES string of the molecule is Cc1cc(Cl)cc2c1NC(=O)C(Cc1ccccc1Cl)N=C2c1ccc2[nH]c(=O)n(C)c2c1. The Balaban J connectivity index is 1.72. The molecule has 1 aliphatic heterocycles. The van der Waals surface area contributed by atoms with Crippen LogP contribution in [-0.4, -0.2) is 27.2 Å². The van der Waals surface area contributed by atoms with Gasteiger partial charge < -0.3 is 10.3 Å². The molecular weight excluding hydrogens is 459 g/mol. The van der Waals surface area contributed by atoms with Crippen molar-refractivity contribution in [3.63, 3.8) is 0 Å². The second-order valence-electron chi connectivity index (χ2n) is 8.14. The first-order valence-electron chi connectivity index (χ1n) is 10.4. The predicted molar refractivity (Wildman–Crippen MR) is 133 cm³/mol. The lowest BCUT2D eigenvalue weighted by Gasteiger charge is -2.13. The number of hydrogen-bond donors (Lipinski definition) is 2. The van der Waals surface area contributed by atoms with Crippen LogP contribution in [0.15, 0.2) is 64.4 Å². The molecule has 8 heteroatoms. The van der Waals surface area contributed by atoms with Crippen molar-refractivity contribution in [2.75, 3.05) is 5.32 Å². The van der Waals surface area contributed by atoms with Gasteiger partial charge in [-0.1, -0.05) is 47.5 Å². The number of carbonyl (C=O) groups excluding carboxylic acids is 1. The average Bonchev–Trinajstić information content (AvgIpc) is 2.98. The van der Waals surface area contributed by atoms with Crippen LogP contribution < -0.4 is 11.0 Å². The van der Waals surface area contributed by atoms with Crippen LogP contribution in [0.25, 0.3) is 11.0 Å². The summed E-state index contributed by atoms with van der Waals surface area (Å²) >= 11 is 12.8. The first-order chi connectivity index (χ1) is 15.8. The van der Waals surface area contributed by atoms with E-state index in [0.717, 1.165) is 33.3 Å². The molecule has 33 heavy (non-hydrogen) atoms. The third-order valence-electron chi connectivity index (χ3n) is 5.94. The van der Waals surface area contributed by atoms with E-state index in [1.807, 2.05) is 49.4 Å². The molecule has 0 saturated heterocycles. The average molecular weight is 479 g/mol. The number of aliphatic imine (C=N–C) groups is 1. The number of aromatic nitrogens is 2. The van der Waals surface area contributed by atoms with Gasteiger partial charge in [-0.05, 0) is 48.4 Å². The summed E-state index contributed by atoms with van der Waals surface area (Å²) in [5, 5.41) is 4.18. The fourth-order valence-electron chi connectivity index (χ4n) is 4.20. The number of nitrogens with one attached hydrogen (secondary N) is 2. The number of benzodiazepines with no additional fused rings is 1. The maximum absolute atomic E-state index is 13.2. The molecule has 0 saturated carbocycles. The van der Waals surface area contributed by atoms with Crippen LogP contribution in [0.3, 0.4) is 0 Å². The van der Waals surface area contributed by atoms with Gasteiger partial charge in [-0.3, -0.25) is 14.4 Å². The number of hydrogen-bond acceptors (Lipinski definition) is 3. The van der Waals surface area contributed by atoms with Crippen molar-refractivity contribution >= 4 is 51.5 Å². The van der Waals surface area contributed by atoms with Crippen LogP contribution >= 0.6 is 23.2 Å². The topological polar surface area (TPSA) is 79.2 Å². The van der Waals surface area contributed by atoms with Crippen LogP contribution in [0, 0.1) is 6.92 Å². The molecule has 1 aromatic heterocycles. The Morgan fingerprint density at radius 3 is 2.64 bits per heavy atom. The standard InChI is InChI=1S/C25H20Cl2N4O2/c1-13-9-16(26)12-17-22(13)30-24(32)20(10-14-5-3-4-6-18(14)27)28-23(17)15-7-8-19-21(11-15)31(2)25(33)29-19/h3-9,11-12,20H,10H2,1-2H3,(H,29,33)(H,30,32). The summed E-state index contributed by atoms with van der Waals surface area (Å²) in [5.41, 5.74) is 5.76. The lowest BCUT2D eigenvalue weighted by Crippen LogP contribution is -2.28. The highest BCUT2D eigenvalue weighted by Gasteiger charge is 2.28. The smallest absolute Gasteiger partial charge is 0.323 e. The van der Waals surface area contributed by atoms with E-state index in [1.54, 1.807) is 23.7 Å². The van der Waals surface area contributed by atoms with Gasteiger partial charge >= 0.3 is 5.69 Å². The molecule has 0 aliphatic carbocycles. The number of H-pyrrole nitrogens is 1. The second-order valence-corrected chi connectivity index (χ2v) is 8.99. The minimum atomic E-state index is -0.698. The van der Waals surface area contributed by atoms with Crippen molar-refractivity contribution in [2.45, 2.75) is 19.4 Å². The van der Waals surface area contributed by atoms with E-state index in [1.165, 1.54) is 0 Å². The molecule has 1 aliphatic rings. The number of aryl methyl sites for hydroxylation is 2. The van der Waals surface area contributed by atoms with Crippen LogP contribution in [0.5, 0.6) is 0 Å². The van der Waals surface area contributed by atoms with Crippen LogP contribution in [-0.2, 0) is 18.3 Å². The first kappa shape index (κ1) is 21.5. The summed E-state index contributed by atoms with van der Waals surface area (Å²) in [6.45, 7) is 1.90. The van der Waals surface area contributed by atoms with Gasteiger partial charge in [-0.25, -0.2) is 4.79 Å². The van der Waals surface area contributed by atoms with E-state index in [9.17, 15) is 9.59 Å². The first-order valence-corrected chi connectivity index (χ1v) is 11.2. The quantitative estimate of drug-likeness (QED) is 0.439. The fourth-order valence-corrected chi connectivity index (χ4v) is 4.68. The number of anilines is 1. The van der Waals surface area contributed by atoms with Gasteiger partial charge in [0.1, 0.15) is 6.04 Å². The van der Waals surface area contributed by atoms with Gasteiger partial charge in [-0.15, -0.1) is 0 Å². The molecule has 0 spiro atoms. The Labute approximate surface area is 199 Å². The number of fused-ring (bicyclic) bond motifs is 2. The summed E-state index contributed by atoms with van der Waals surface area (Å²) < 4.78 is 1.55. The van der Waals surface area contributed by atoms with Gasteiger partial charge in [0, 0.05) is 34.6 Å². The van der Waals surface area contributed by atoms with E-state index in [4.69, 9.17) is 28.2 Å². The van der Waals surface area contributed by atoms with Crippen LogP contribution in [0.1, 0.15) is 22.3 Å². The Bertz CT molecular complexity index is 1520. The van der Waals surface area contributed by atoms with Crippen molar-refractivity contribution in [1.82, 2.24) is 9.55 Å². The summed E-state index contributed by atoms with van der Waals surface area (Å²) in [4.78, 5) is 33.1. The van der Waals surface area contributed by atoms with Crippen molar-refractivity contribution in [1.29, 1.82) is 0 Å². The Kier molecular flexibility index (Phi) is 5.35. The lowest BCUT2D eigenvalue weighted by molar-refractivity contribution is -0.117. The lowest BCUT2D eigenvalue weighted by atomic mass is 9.97. The molecule has 0 radical (unpaired) electrons. The van der Waals surface area contributed by atoms with Gasteiger partial charge in [0.2, 0.25) is 5.91 Å². The zero-order valence-electron chi connectivity index (χ0n) is 17.9. The highest BCUT2D eigenvalue weighted by atomic mass is 35.5. The van der Waals surface area contributed by atoms with Crippen molar-refractivity contribution in [3.8, 4) is 0 Å². The predicted octanol–water partition coefficient (Wildman–Crippen LogP) is 4.88. The van der Waals surface area contributed by atoms with E-state index >= 15 is 0 Å². The minimum Gasteiger partial charge on any atom is -0.323 e. The monoisotopic (exact) mass is 478 g/mol. The number of nitrogens with zero attached hydrogens (tertiary/aromatic N) is 2. The summed E-state index contributed by atoms with van der Waals surface area (Å²) in [7, 11) is 1.71. The highest BCUT2D eigenvalue weighted by Crippen LogP contribution is 2.32. The molecule has 5 rings (SSSR count). The number of imidazole rings is 1. The Morgan fingerprint density at radius 1 is 1.06 bits per heavy atom. The van der Waals surface area contributed by atoms with Crippen LogP contribution in [0.2, 0.25) is 10.0 Å². The number of rotatable bonds is 3. The third-order valence-corrected chi connectivity index (χ3v) is 6.53. The number of carbonyl (C=O) groups is 1. The molecular formula is C25H20Cl2N4O2. The van der Waals surface area contributed by atoms with Crippen molar-refractivity contribution < 1.29 is 4.79 Å². The maximum atomic E-state index is 13.2. The van der Waals surface area contributed by atoms with Crippen LogP contribution in [0.4, 0.5) is 5.69 Å². The van der Waals surface area contributed by atoms with Crippen molar-refractivity contribution in [3.05, 3.63) is 97.4 Å². The molecule has 2 heterocycles. The third kappa shape index (κ3) is 3.86. The second kappa shape index (κ2) is 8.21. The number of benzene rings is 3. The molecule has 0 fully saturated rings. The molecule has 1 atom stereocenters. The van der Waals surface area contributed by atoms with E-state index in [-0.39, 0.29) is 11.6 Å². The number of amides is 1. The molecule has 6 nitrogen and oxygen atoms in total. The summed E-state index contributed by atoms with van der Waals surface area (Å²) in [6.07, 6.45) is 0.348. The van der Waals surface area contributed by atoms with Gasteiger partial charge in [0.25, 0.3) is 0 Å². The summed E-state index contributed by atoms with van der Waals surface area (Å²) in [6, 6.07) is 16.0. The van der Waals surface area contributed by atoms with E-state index in [0.29, 0.717) is 27.9 Å². The molecule has 4 aromatic rings. The van der Waals surface area contributed by atoms with Gasteiger partial charge in [0.15, 0.2) is 0 Å². The molecule has 1 unspecified atom stereocenters. The zero-order chi connectivity index (χ0) is 23.3. The largest absolute Gasteiger partial charge is 0.326 e. The fraction of sp³-hybridized carbons (Fsp3) is 0.160.